The van der Waals surface area contributed by atoms with Gasteiger partial charge in [-0.05, 0) is 20.7 Å². The van der Waals surface area contributed by atoms with E-state index in [0.29, 0.717) is 12.0 Å². The predicted molar refractivity (Wildman–Crippen MR) is 145 cm³/mol. The monoisotopic (exact) mass is 473 g/mol. The number of ketones is 1. The molecule has 1 atom stereocenters. The first-order valence-electron chi connectivity index (χ1n) is 11.7. The molecule has 0 saturated carbocycles. The molecule has 0 amide bonds. The second-order valence-electron chi connectivity index (χ2n) is 8.65. The van der Waals surface area contributed by atoms with Crippen LogP contribution >= 0.6 is 0 Å². The predicted octanol–water partition coefficient (Wildman–Crippen LogP) is 2.54. The van der Waals surface area contributed by atoms with E-state index in [1.54, 1.807) is 12.5 Å². The number of Topliss-reactive ketones (excluding diaryl/α,β-unsaturated/α-hetero) is 1. The van der Waals surface area contributed by atoms with E-state index in [9.17, 15) is 4.79 Å². The molecule has 0 aliphatic heterocycles. The van der Waals surface area contributed by atoms with Crippen LogP contribution in [0.1, 0.15) is 16.1 Å². The van der Waals surface area contributed by atoms with Crippen LogP contribution < -0.4 is 26.5 Å². The van der Waals surface area contributed by atoms with Crippen molar-refractivity contribution in [3.8, 4) is 0 Å². The Morgan fingerprint density at radius 3 is 1.71 bits per heavy atom. The van der Waals surface area contributed by atoms with Gasteiger partial charge in [-0.15, -0.1) is 0 Å². The normalized spacial score (nSPS) is 12.3. The summed E-state index contributed by atoms with van der Waals surface area (Å²) in [7, 11) is -2.83. The van der Waals surface area contributed by atoms with Crippen LogP contribution in [0.25, 0.3) is 0 Å². The maximum atomic E-state index is 13.9. The van der Waals surface area contributed by atoms with Gasteiger partial charge in [0.2, 0.25) is 0 Å². The fraction of sp³-hybridized carbons (Fsp3) is 0.0667. The van der Waals surface area contributed by atoms with Crippen molar-refractivity contribution in [2.24, 2.45) is 5.73 Å². The Kier molecular flexibility index (Phi) is 6.52. The minimum absolute atomic E-state index is 0.0603. The van der Waals surface area contributed by atoms with Crippen LogP contribution in [0.2, 0.25) is 0 Å². The van der Waals surface area contributed by atoms with E-state index in [1.807, 2.05) is 36.4 Å². The summed E-state index contributed by atoms with van der Waals surface area (Å²) < 4.78 is 0. The Bertz CT molecular complexity index is 1290. The van der Waals surface area contributed by atoms with Gasteiger partial charge in [-0.2, -0.15) is 0 Å². The number of aromatic amines is 1. The number of carbonyl (C=O) groups is 1. The summed E-state index contributed by atoms with van der Waals surface area (Å²) in [6.45, 7) is 0. The molecule has 0 bridgehead atoms. The zero-order valence-electron chi connectivity index (χ0n) is 19.3. The maximum absolute atomic E-state index is 13.9. The lowest BCUT2D eigenvalue weighted by Gasteiger charge is -2.36. The van der Waals surface area contributed by atoms with Gasteiger partial charge in [0.05, 0.1) is 12.4 Å². The van der Waals surface area contributed by atoms with Gasteiger partial charge in [-0.3, -0.25) is 4.79 Å². The SMILES string of the molecule is N[C@@H](Cc1cnc[nH]1)C(=O)c1ccccc1[Si](c1ccccc1)(c1ccccc1)c1ccccc1. The average Bonchev–Trinajstić information content (AvgIpc) is 3.44. The van der Waals surface area contributed by atoms with Crippen LogP contribution in [0, 0.1) is 0 Å². The summed E-state index contributed by atoms with van der Waals surface area (Å²) in [5.41, 5.74) is 8.02. The Labute approximate surface area is 206 Å². The minimum atomic E-state index is -2.83. The van der Waals surface area contributed by atoms with E-state index in [4.69, 9.17) is 5.73 Å². The Balaban J connectivity index is 1.77. The molecule has 5 heteroatoms. The van der Waals surface area contributed by atoms with E-state index in [2.05, 4.69) is 88.8 Å². The van der Waals surface area contributed by atoms with Gasteiger partial charge in [0.15, 0.2) is 13.9 Å². The molecule has 3 N–H and O–H groups in total. The fourth-order valence-corrected chi connectivity index (χ4v) is 9.95. The second-order valence-corrected chi connectivity index (χ2v) is 12.4. The second kappa shape index (κ2) is 10.1. The molecule has 0 saturated heterocycles. The summed E-state index contributed by atoms with van der Waals surface area (Å²) >= 11 is 0. The number of nitrogens with two attached hydrogens (primary N) is 1. The molecular weight excluding hydrogens is 446 g/mol. The molecule has 1 aromatic heterocycles. The number of rotatable bonds is 8. The highest BCUT2D eigenvalue weighted by molar-refractivity contribution is 7.20. The van der Waals surface area contributed by atoms with Crippen LogP contribution in [-0.2, 0) is 6.42 Å². The molecule has 0 fully saturated rings. The topological polar surface area (TPSA) is 71.8 Å². The molecule has 35 heavy (non-hydrogen) atoms. The summed E-state index contributed by atoms with van der Waals surface area (Å²) in [4.78, 5) is 21.0. The molecule has 0 unspecified atom stereocenters. The van der Waals surface area contributed by atoms with Gasteiger partial charge in [0.1, 0.15) is 0 Å². The van der Waals surface area contributed by atoms with E-state index in [1.165, 1.54) is 15.6 Å². The number of H-pyrrole nitrogens is 1. The number of carbonyl (C=O) groups excluding carboxylic acids is 1. The van der Waals surface area contributed by atoms with E-state index >= 15 is 0 Å². The first-order chi connectivity index (χ1) is 17.2. The fourth-order valence-electron chi connectivity index (χ4n) is 4.98. The molecule has 5 aromatic rings. The number of imidazole rings is 1. The lowest BCUT2D eigenvalue weighted by molar-refractivity contribution is 0.0961. The highest BCUT2D eigenvalue weighted by Gasteiger charge is 2.43. The van der Waals surface area contributed by atoms with E-state index in [-0.39, 0.29) is 5.78 Å². The van der Waals surface area contributed by atoms with Crippen molar-refractivity contribution in [3.05, 3.63) is 139 Å². The number of benzene rings is 4. The van der Waals surface area contributed by atoms with Crippen molar-refractivity contribution in [1.82, 2.24) is 9.97 Å². The lowest BCUT2D eigenvalue weighted by atomic mass is 10.0. The smallest absolute Gasteiger partial charge is 0.180 e. The zero-order valence-corrected chi connectivity index (χ0v) is 20.3. The van der Waals surface area contributed by atoms with Gasteiger partial charge in [-0.25, -0.2) is 4.98 Å². The molecule has 1 heterocycles. The summed E-state index contributed by atoms with van der Waals surface area (Å²) in [6, 6.07) is 39.1. The van der Waals surface area contributed by atoms with Gasteiger partial charge in [-0.1, -0.05) is 115 Å². The minimum Gasteiger partial charge on any atom is -0.348 e. The van der Waals surface area contributed by atoms with Crippen molar-refractivity contribution in [2.75, 3.05) is 0 Å². The van der Waals surface area contributed by atoms with Crippen molar-refractivity contribution in [1.29, 1.82) is 0 Å². The molecule has 0 radical (unpaired) electrons. The molecule has 4 aromatic carbocycles. The first-order valence-corrected chi connectivity index (χ1v) is 13.7. The Morgan fingerprint density at radius 1 is 0.743 bits per heavy atom. The number of aromatic nitrogens is 2. The van der Waals surface area contributed by atoms with Gasteiger partial charge in [0.25, 0.3) is 0 Å². The van der Waals surface area contributed by atoms with Crippen LogP contribution in [0.5, 0.6) is 0 Å². The molecule has 0 aliphatic rings. The molecule has 4 nitrogen and oxygen atoms in total. The highest BCUT2D eigenvalue weighted by Crippen LogP contribution is 2.14. The summed E-state index contributed by atoms with van der Waals surface area (Å²) in [6.07, 6.45) is 3.73. The van der Waals surface area contributed by atoms with Gasteiger partial charge in [0, 0.05) is 23.9 Å². The quantitative estimate of drug-likeness (QED) is 0.207. The largest absolute Gasteiger partial charge is 0.348 e. The number of hydrogen-bond acceptors (Lipinski definition) is 3. The molecule has 0 spiro atoms. The van der Waals surface area contributed by atoms with Gasteiger partial charge < -0.3 is 10.7 Å². The van der Waals surface area contributed by atoms with E-state index in [0.717, 1.165) is 10.9 Å². The van der Waals surface area contributed by atoms with Crippen molar-refractivity contribution in [2.45, 2.75) is 12.5 Å². The van der Waals surface area contributed by atoms with Gasteiger partial charge >= 0.3 is 0 Å². The van der Waals surface area contributed by atoms with E-state index < -0.39 is 14.1 Å². The molecular formula is C30H27N3OSi. The summed E-state index contributed by atoms with van der Waals surface area (Å²) in [5, 5.41) is 4.72. The third-order valence-electron chi connectivity index (χ3n) is 6.55. The standard InChI is InChI=1S/C30H27N3OSi/c31-28(20-23-21-32-22-33-23)30(34)27-18-10-11-19-29(27)35(24-12-4-1-5-13-24,25-14-6-2-7-15-25)26-16-8-3-9-17-26/h1-19,21-22,28H,20,31H2,(H,32,33)/t28-/m0/s1. The Hall–Kier alpha value is -4.06. The zero-order chi connectivity index (χ0) is 24.1. The first kappa shape index (κ1) is 22.7. The van der Waals surface area contributed by atoms with Crippen molar-refractivity contribution in [3.63, 3.8) is 0 Å². The van der Waals surface area contributed by atoms with Crippen LogP contribution in [-0.4, -0.2) is 29.9 Å². The van der Waals surface area contributed by atoms with Crippen LogP contribution in [0.15, 0.2) is 128 Å². The Morgan fingerprint density at radius 2 is 1.23 bits per heavy atom. The summed E-state index contributed by atoms with van der Waals surface area (Å²) in [5.74, 6) is -0.0603. The number of hydrogen-bond donors (Lipinski definition) is 2. The average molecular weight is 474 g/mol. The maximum Gasteiger partial charge on any atom is 0.180 e. The number of nitrogens with one attached hydrogen (secondary N) is 1. The molecule has 0 aliphatic carbocycles. The lowest BCUT2D eigenvalue weighted by Crippen LogP contribution is -2.75. The molecule has 172 valence electrons. The van der Waals surface area contributed by atoms with Crippen molar-refractivity contribution >= 4 is 34.6 Å². The number of nitrogens with zero attached hydrogens (tertiary/aromatic N) is 1. The van der Waals surface area contributed by atoms with Crippen molar-refractivity contribution < 1.29 is 4.79 Å². The third-order valence-corrected chi connectivity index (χ3v) is 11.4. The van der Waals surface area contributed by atoms with Crippen LogP contribution in [0.4, 0.5) is 0 Å². The van der Waals surface area contributed by atoms with Crippen LogP contribution in [0.3, 0.4) is 0 Å². The highest BCUT2D eigenvalue weighted by atomic mass is 28.3. The molecule has 5 rings (SSSR count). The third kappa shape index (κ3) is 4.27.